The number of hydrogen-bond acceptors (Lipinski definition) is 2. The Morgan fingerprint density at radius 3 is 2.41 bits per heavy atom. The molecule has 0 fully saturated rings. The van der Waals surface area contributed by atoms with Gasteiger partial charge in [-0.05, 0) is 31.2 Å². The molecule has 0 amide bonds. The van der Waals surface area contributed by atoms with Crippen molar-refractivity contribution in [3.63, 3.8) is 0 Å². The molecule has 0 radical (unpaired) electrons. The first-order valence-corrected chi connectivity index (χ1v) is 5.38. The van der Waals surface area contributed by atoms with Gasteiger partial charge in [0.05, 0.1) is 11.3 Å². The second-order valence-corrected chi connectivity index (χ2v) is 4.07. The van der Waals surface area contributed by atoms with Crippen molar-refractivity contribution in [1.82, 2.24) is 9.78 Å². The number of nitrogens with zero attached hydrogens (tertiary/aromatic N) is 2. The number of benzene rings is 1. The maximum absolute atomic E-state index is 12.8. The highest BCUT2D eigenvalue weighted by Crippen LogP contribution is 2.22. The van der Waals surface area contributed by atoms with Gasteiger partial charge in [0, 0.05) is 12.6 Å². The van der Waals surface area contributed by atoms with E-state index < -0.39 is 0 Å². The highest BCUT2D eigenvalue weighted by atomic mass is 35.5. The average molecular weight is 253 g/mol. The van der Waals surface area contributed by atoms with Crippen LogP contribution in [0.3, 0.4) is 0 Å². The van der Waals surface area contributed by atoms with Gasteiger partial charge in [-0.15, -0.1) is 0 Å². The van der Waals surface area contributed by atoms with Crippen LogP contribution in [0.2, 0.25) is 5.15 Å². The van der Waals surface area contributed by atoms with Gasteiger partial charge in [0.25, 0.3) is 0 Å². The standard InChI is InChI=1S/C12H10ClFN2O/c1-7-10(12(13)16(2)15-7)11(17)8-3-5-9(14)6-4-8/h3-6H,1-2H3. The van der Waals surface area contributed by atoms with E-state index in [0.29, 0.717) is 16.8 Å². The van der Waals surface area contributed by atoms with E-state index in [-0.39, 0.29) is 16.8 Å². The highest BCUT2D eigenvalue weighted by Gasteiger charge is 2.20. The first kappa shape index (κ1) is 11.8. The Hall–Kier alpha value is -1.68. The van der Waals surface area contributed by atoms with Crippen molar-refractivity contribution >= 4 is 17.4 Å². The molecule has 0 aliphatic heterocycles. The number of ketones is 1. The van der Waals surface area contributed by atoms with E-state index >= 15 is 0 Å². The lowest BCUT2D eigenvalue weighted by molar-refractivity contribution is 0.103. The second kappa shape index (κ2) is 4.30. The molecule has 0 unspecified atom stereocenters. The maximum atomic E-state index is 12.8. The van der Waals surface area contributed by atoms with E-state index in [1.54, 1.807) is 14.0 Å². The monoisotopic (exact) mass is 252 g/mol. The molecule has 0 saturated carbocycles. The SMILES string of the molecule is Cc1nn(C)c(Cl)c1C(=O)c1ccc(F)cc1. The minimum absolute atomic E-state index is 0.249. The topological polar surface area (TPSA) is 34.9 Å². The Morgan fingerprint density at radius 1 is 1.35 bits per heavy atom. The molecule has 2 aromatic rings. The smallest absolute Gasteiger partial charge is 0.198 e. The van der Waals surface area contributed by atoms with Gasteiger partial charge in [-0.3, -0.25) is 9.48 Å². The molecule has 0 bridgehead atoms. The van der Waals surface area contributed by atoms with Crippen LogP contribution in [0.15, 0.2) is 24.3 Å². The molecule has 2 rings (SSSR count). The minimum Gasteiger partial charge on any atom is -0.288 e. The lowest BCUT2D eigenvalue weighted by Crippen LogP contribution is -2.03. The summed E-state index contributed by atoms with van der Waals surface area (Å²) in [5, 5.41) is 4.35. The van der Waals surface area contributed by atoms with Crippen LogP contribution >= 0.6 is 11.6 Å². The van der Waals surface area contributed by atoms with Crippen LogP contribution in [-0.4, -0.2) is 15.6 Å². The molecule has 0 spiro atoms. The van der Waals surface area contributed by atoms with Crippen LogP contribution in [0.5, 0.6) is 0 Å². The van der Waals surface area contributed by atoms with E-state index in [2.05, 4.69) is 5.10 Å². The summed E-state index contributed by atoms with van der Waals surface area (Å²) in [6.45, 7) is 1.71. The Bertz CT molecular complexity index is 575. The van der Waals surface area contributed by atoms with Crippen molar-refractivity contribution < 1.29 is 9.18 Å². The van der Waals surface area contributed by atoms with Crippen LogP contribution in [0, 0.1) is 12.7 Å². The largest absolute Gasteiger partial charge is 0.288 e. The van der Waals surface area contributed by atoms with Crippen molar-refractivity contribution in [2.45, 2.75) is 6.92 Å². The summed E-state index contributed by atoms with van der Waals surface area (Å²) in [5.41, 5.74) is 1.32. The zero-order chi connectivity index (χ0) is 12.6. The van der Waals surface area contributed by atoms with Crippen LogP contribution in [0.25, 0.3) is 0 Å². The van der Waals surface area contributed by atoms with E-state index in [0.717, 1.165) is 0 Å². The van der Waals surface area contributed by atoms with Crippen LogP contribution < -0.4 is 0 Å². The number of carbonyl (C=O) groups excluding carboxylic acids is 1. The maximum Gasteiger partial charge on any atom is 0.198 e. The van der Waals surface area contributed by atoms with E-state index in [1.165, 1.54) is 28.9 Å². The normalized spacial score (nSPS) is 10.6. The van der Waals surface area contributed by atoms with Gasteiger partial charge in [0.1, 0.15) is 11.0 Å². The van der Waals surface area contributed by atoms with Crippen LogP contribution in [0.4, 0.5) is 4.39 Å². The van der Waals surface area contributed by atoms with E-state index in [9.17, 15) is 9.18 Å². The number of hydrogen-bond donors (Lipinski definition) is 0. The summed E-state index contributed by atoms with van der Waals surface area (Å²) in [4.78, 5) is 12.2. The highest BCUT2D eigenvalue weighted by molar-refractivity contribution is 6.34. The molecule has 0 atom stereocenters. The predicted molar refractivity (Wildman–Crippen MR) is 62.8 cm³/mol. The molecule has 88 valence electrons. The van der Waals surface area contributed by atoms with Gasteiger partial charge in [-0.1, -0.05) is 11.6 Å². The Kier molecular flexibility index (Phi) is 2.98. The summed E-state index contributed by atoms with van der Waals surface area (Å²) >= 11 is 6.00. The molecule has 1 heterocycles. The molecule has 0 N–H and O–H groups in total. The number of carbonyl (C=O) groups is 1. The molecule has 5 heteroatoms. The quantitative estimate of drug-likeness (QED) is 0.771. The fraction of sp³-hybridized carbons (Fsp3) is 0.167. The molecule has 0 aliphatic rings. The Balaban J connectivity index is 2.47. The summed E-state index contributed by atoms with van der Waals surface area (Å²) in [5.74, 6) is -0.629. The van der Waals surface area contributed by atoms with Crippen molar-refractivity contribution in [3.05, 3.63) is 52.1 Å². The first-order chi connectivity index (χ1) is 8.00. The summed E-state index contributed by atoms with van der Waals surface area (Å²) < 4.78 is 14.2. The van der Waals surface area contributed by atoms with Gasteiger partial charge >= 0.3 is 0 Å². The molecule has 17 heavy (non-hydrogen) atoms. The van der Waals surface area contributed by atoms with Gasteiger partial charge in [-0.2, -0.15) is 5.10 Å². The van der Waals surface area contributed by atoms with Crippen LogP contribution in [-0.2, 0) is 7.05 Å². The Labute approximate surface area is 103 Å². The number of halogens is 2. The van der Waals surface area contributed by atoms with Crippen molar-refractivity contribution in [2.24, 2.45) is 7.05 Å². The van der Waals surface area contributed by atoms with Crippen molar-refractivity contribution in [1.29, 1.82) is 0 Å². The molecular formula is C12H10ClFN2O. The molecular weight excluding hydrogens is 243 g/mol. The van der Waals surface area contributed by atoms with Gasteiger partial charge < -0.3 is 0 Å². The average Bonchev–Trinajstić information content (AvgIpc) is 2.53. The van der Waals surface area contributed by atoms with Crippen molar-refractivity contribution in [3.8, 4) is 0 Å². The van der Waals surface area contributed by atoms with E-state index in [1.807, 2.05) is 0 Å². The van der Waals surface area contributed by atoms with E-state index in [4.69, 9.17) is 11.6 Å². The lowest BCUT2D eigenvalue weighted by atomic mass is 10.0. The fourth-order valence-electron chi connectivity index (χ4n) is 1.63. The zero-order valence-electron chi connectivity index (χ0n) is 9.37. The lowest BCUT2D eigenvalue weighted by Gasteiger charge is -2.00. The molecule has 0 saturated heterocycles. The first-order valence-electron chi connectivity index (χ1n) is 5.00. The summed E-state index contributed by atoms with van der Waals surface area (Å²) in [6.07, 6.45) is 0. The summed E-state index contributed by atoms with van der Waals surface area (Å²) in [6, 6.07) is 5.35. The number of aryl methyl sites for hydroxylation is 2. The summed E-state index contributed by atoms with van der Waals surface area (Å²) in [7, 11) is 1.66. The third-order valence-electron chi connectivity index (χ3n) is 2.49. The third kappa shape index (κ3) is 2.08. The zero-order valence-corrected chi connectivity index (χ0v) is 10.1. The molecule has 1 aromatic heterocycles. The molecule has 0 aliphatic carbocycles. The minimum atomic E-state index is -0.379. The Morgan fingerprint density at radius 2 is 1.94 bits per heavy atom. The fourth-order valence-corrected chi connectivity index (χ4v) is 1.89. The number of rotatable bonds is 2. The second-order valence-electron chi connectivity index (χ2n) is 3.71. The van der Waals surface area contributed by atoms with Gasteiger partial charge in [0.2, 0.25) is 0 Å². The van der Waals surface area contributed by atoms with Gasteiger partial charge in [-0.25, -0.2) is 4.39 Å². The molecule has 1 aromatic carbocycles. The van der Waals surface area contributed by atoms with Crippen LogP contribution in [0.1, 0.15) is 21.6 Å². The van der Waals surface area contributed by atoms with Crippen molar-refractivity contribution in [2.75, 3.05) is 0 Å². The van der Waals surface area contributed by atoms with Gasteiger partial charge in [0.15, 0.2) is 5.78 Å². The molecule has 3 nitrogen and oxygen atoms in total. The number of aromatic nitrogens is 2. The predicted octanol–water partition coefficient (Wildman–Crippen LogP) is 2.75. The third-order valence-corrected chi connectivity index (χ3v) is 2.92.